The molecule has 3 aliphatic rings. The summed E-state index contributed by atoms with van der Waals surface area (Å²) >= 11 is 6.42. The first-order valence-corrected chi connectivity index (χ1v) is 8.16. The zero-order valence-electron chi connectivity index (χ0n) is 12.3. The molecular weight excluding hydrogens is 280 g/mol. The first kappa shape index (κ1) is 14.8. The van der Waals surface area contributed by atoms with Crippen molar-refractivity contribution in [3.63, 3.8) is 0 Å². The number of hydrogen-bond acceptors (Lipinski definition) is 2. The number of halogens is 1. The zero-order valence-corrected chi connectivity index (χ0v) is 13.1. The number of alkyl halides is 1. The second kappa shape index (κ2) is 6.35. The Bertz CT molecular complexity index is 529. The fraction of sp³-hybridized carbons (Fsp3) is 0.444. The lowest BCUT2D eigenvalue weighted by atomic mass is 9.76. The van der Waals surface area contributed by atoms with E-state index in [0.717, 1.165) is 6.42 Å². The second-order valence-electron chi connectivity index (χ2n) is 6.15. The number of rotatable bonds is 3. The fourth-order valence-corrected chi connectivity index (χ4v) is 3.96. The van der Waals surface area contributed by atoms with E-state index < -0.39 is 0 Å². The predicted molar refractivity (Wildman–Crippen MR) is 90.2 cm³/mol. The van der Waals surface area contributed by atoms with Crippen LogP contribution >= 0.6 is 11.6 Å². The van der Waals surface area contributed by atoms with Crippen LogP contribution in [0.15, 0.2) is 60.3 Å². The van der Waals surface area contributed by atoms with Gasteiger partial charge >= 0.3 is 0 Å². The van der Waals surface area contributed by atoms with E-state index in [4.69, 9.17) is 17.3 Å². The molecule has 21 heavy (non-hydrogen) atoms. The van der Waals surface area contributed by atoms with Crippen LogP contribution in [0.3, 0.4) is 0 Å². The minimum absolute atomic E-state index is 0.0616. The van der Waals surface area contributed by atoms with Gasteiger partial charge in [-0.3, -0.25) is 0 Å². The molecule has 0 spiro atoms. The molecule has 112 valence electrons. The van der Waals surface area contributed by atoms with Crippen LogP contribution < -0.4 is 11.1 Å². The molecule has 6 atom stereocenters. The van der Waals surface area contributed by atoms with Crippen molar-refractivity contribution in [1.82, 2.24) is 5.32 Å². The molecule has 0 bridgehead atoms. The number of hydrogen-bond donors (Lipinski definition) is 2. The van der Waals surface area contributed by atoms with E-state index in [2.05, 4.69) is 60.8 Å². The average Bonchev–Trinajstić information content (AvgIpc) is 2.48. The van der Waals surface area contributed by atoms with E-state index >= 15 is 0 Å². The van der Waals surface area contributed by atoms with Gasteiger partial charge in [0.05, 0.1) is 5.38 Å². The fourth-order valence-electron chi connectivity index (χ4n) is 3.57. The van der Waals surface area contributed by atoms with Gasteiger partial charge in [0, 0.05) is 30.0 Å². The summed E-state index contributed by atoms with van der Waals surface area (Å²) in [6, 6.07) is 0.789. The molecule has 0 amide bonds. The first-order valence-electron chi connectivity index (χ1n) is 7.72. The summed E-state index contributed by atoms with van der Waals surface area (Å²) in [5.74, 6) is 0.685. The van der Waals surface area contributed by atoms with Gasteiger partial charge in [-0.25, -0.2) is 0 Å². The standard InChI is InChI=1S/C18H23ClN2/c1-12(14-8-2-3-9-15(14)19)21-17-11-5-7-13-6-4-10-16(20)18(13)17/h2-10,12,14-18,21H,11,20H2,1H3. The maximum Gasteiger partial charge on any atom is 0.0596 e. The Balaban J connectivity index is 1.71. The third-order valence-electron chi connectivity index (χ3n) is 4.72. The highest BCUT2D eigenvalue weighted by Gasteiger charge is 2.33. The molecule has 0 radical (unpaired) electrons. The number of allylic oxidation sites excluding steroid dienone is 6. The average molecular weight is 303 g/mol. The van der Waals surface area contributed by atoms with Crippen molar-refractivity contribution in [2.45, 2.75) is 36.8 Å². The summed E-state index contributed by atoms with van der Waals surface area (Å²) in [4.78, 5) is 0. The third kappa shape index (κ3) is 3.08. The van der Waals surface area contributed by atoms with Crippen LogP contribution in [-0.2, 0) is 0 Å². The summed E-state index contributed by atoms with van der Waals surface area (Å²) < 4.78 is 0. The summed E-state index contributed by atoms with van der Waals surface area (Å²) in [7, 11) is 0. The largest absolute Gasteiger partial charge is 0.324 e. The molecule has 6 unspecified atom stereocenters. The Morgan fingerprint density at radius 2 is 2.05 bits per heavy atom. The minimum Gasteiger partial charge on any atom is -0.324 e. The summed E-state index contributed by atoms with van der Waals surface area (Å²) in [5.41, 5.74) is 7.64. The van der Waals surface area contributed by atoms with Crippen LogP contribution in [0.4, 0.5) is 0 Å². The van der Waals surface area contributed by atoms with Crippen molar-refractivity contribution in [1.29, 1.82) is 0 Å². The summed E-state index contributed by atoms with van der Waals surface area (Å²) in [6.07, 6.45) is 20.2. The Kier molecular flexibility index (Phi) is 4.48. The molecule has 0 saturated carbocycles. The molecule has 3 N–H and O–H groups in total. The van der Waals surface area contributed by atoms with E-state index in [1.54, 1.807) is 0 Å². The predicted octanol–water partition coefficient (Wildman–Crippen LogP) is 3.08. The highest BCUT2D eigenvalue weighted by molar-refractivity contribution is 6.22. The lowest BCUT2D eigenvalue weighted by Crippen LogP contribution is -2.52. The molecule has 3 aliphatic carbocycles. The zero-order chi connectivity index (χ0) is 14.8. The summed E-state index contributed by atoms with van der Waals surface area (Å²) in [6.45, 7) is 2.22. The third-order valence-corrected chi connectivity index (χ3v) is 5.15. The molecule has 2 nitrogen and oxygen atoms in total. The van der Waals surface area contributed by atoms with Gasteiger partial charge in [0.1, 0.15) is 0 Å². The lowest BCUT2D eigenvalue weighted by Gasteiger charge is -2.39. The van der Waals surface area contributed by atoms with E-state index in [1.165, 1.54) is 5.57 Å². The van der Waals surface area contributed by atoms with Crippen molar-refractivity contribution < 1.29 is 0 Å². The SMILES string of the molecule is CC(NC1CC=CC2=CC=CC(N)C21)C1C=CC=CC1Cl. The van der Waals surface area contributed by atoms with Crippen LogP contribution in [0.2, 0.25) is 0 Å². The van der Waals surface area contributed by atoms with Gasteiger partial charge < -0.3 is 11.1 Å². The second-order valence-corrected chi connectivity index (χ2v) is 6.65. The molecule has 0 aromatic heterocycles. The van der Waals surface area contributed by atoms with Crippen LogP contribution in [0.5, 0.6) is 0 Å². The Morgan fingerprint density at radius 1 is 1.24 bits per heavy atom. The Hall–Kier alpha value is -1.09. The van der Waals surface area contributed by atoms with Gasteiger partial charge in [0.15, 0.2) is 0 Å². The Labute approximate surface area is 132 Å². The quantitative estimate of drug-likeness (QED) is 0.786. The van der Waals surface area contributed by atoms with Crippen LogP contribution in [0.1, 0.15) is 13.3 Å². The van der Waals surface area contributed by atoms with Gasteiger partial charge in [-0.15, -0.1) is 11.6 Å². The van der Waals surface area contributed by atoms with E-state index in [1.807, 2.05) is 6.08 Å². The molecule has 0 saturated heterocycles. The van der Waals surface area contributed by atoms with Gasteiger partial charge in [0.25, 0.3) is 0 Å². The maximum atomic E-state index is 6.42. The minimum atomic E-state index is 0.0616. The molecule has 0 aliphatic heterocycles. The highest BCUT2D eigenvalue weighted by Crippen LogP contribution is 2.31. The van der Waals surface area contributed by atoms with Crippen molar-refractivity contribution >= 4 is 11.6 Å². The smallest absolute Gasteiger partial charge is 0.0596 e. The molecule has 0 fully saturated rings. The monoisotopic (exact) mass is 302 g/mol. The molecule has 0 aromatic carbocycles. The topological polar surface area (TPSA) is 38.0 Å². The van der Waals surface area contributed by atoms with Gasteiger partial charge in [0.2, 0.25) is 0 Å². The van der Waals surface area contributed by atoms with Gasteiger partial charge in [-0.2, -0.15) is 0 Å². The van der Waals surface area contributed by atoms with Crippen LogP contribution in [-0.4, -0.2) is 23.5 Å². The van der Waals surface area contributed by atoms with Gasteiger partial charge in [-0.05, 0) is 18.9 Å². The molecule has 0 aromatic rings. The molecule has 0 heterocycles. The van der Waals surface area contributed by atoms with Crippen molar-refractivity contribution in [2.75, 3.05) is 0 Å². The van der Waals surface area contributed by atoms with Crippen LogP contribution in [0.25, 0.3) is 0 Å². The molecule has 3 heteroatoms. The number of nitrogens with two attached hydrogens (primary N) is 1. The van der Waals surface area contributed by atoms with E-state index in [-0.39, 0.29) is 11.4 Å². The molecular formula is C18H23ClN2. The Morgan fingerprint density at radius 3 is 2.86 bits per heavy atom. The number of fused-ring (bicyclic) bond motifs is 1. The lowest BCUT2D eigenvalue weighted by molar-refractivity contribution is 0.305. The van der Waals surface area contributed by atoms with Crippen molar-refractivity contribution in [3.8, 4) is 0 Å². The maximum absolute atomic E-state index is 6.42. The molecule has 3 rings (SSSR count). The van der Waals surface area contributed by atoms with Crippen molar-refractivity contribution in [2.24, 2.45) is 17.6 Å². The first-order chi connectivity index (χ1) is 10.2. The van der Waals surface area contributed by atoms with E-state index in [0.29, 0.717) is 23.9 Å². The summed E-state index contributed by atoms with van der Waals surface area (Å²) in [5, 5.41) is 3.83. The van der Waals surface area contributed by atoms with E-state index in [9.17, 15) is 0 Å². The normalized spacial score (nSPS) is 39.0. The number of nitrogens with one attached hydrogen (secondary N) is 1. The van der Waals surface area contributed by atoms with Gasteiger partial charge in [-0.1, -0.05) is 54.7 Å². The van der Waals surface area contributed by atoms with Crippen LogP contribution in [0, 0.1) is 11.8 Å². The highest BCUT2D eigenvalue weighted by atomic mass is 35.5. The van der Waals surface area contributed by atoms with Crippen molar-refractivity contribution in [3.05, 3.63) is 60.3 Å².